The van der Waals surface area contributed by atoms with Gasteiger partial charge >= 0.3 is 0 Å². The number of nitrogens with one attached hydrogen (secondary N) is 1. The molecule has 0 bridgehead atoms. The second kappa shape index (κ2) is 7.15. The monoisotopic (exact) mass is 378 g/mol. The molecule has 0 saturated carbocycles. The molecule has 0 aromatic heterocycles. The summed E-state index contributed by atoms with van der Waals surface area (Å²) in [5, 5.41) is 3.39. The minimum Gasteiger partial charge on any atom is -0.348 e. The van der Waals surface area contributed by atoms with Gasteiger partial charge in [-0.25, -0.2) is 8.42 Å². The van der Waals surface area contributed by atoms with Crippen molar-refractivity contribution in [3.05, 3.63) is 64.7 Å². The molecular weight excluding hydrogens is 360 g/mol. The Morgan fingerprint density at radius 3 is 2.60 bits per heavy atom. The first kappa shape index (κ1) is 17.9. The number of sulfonamides is 1. The number of fused-ring (bicyclic) bond motifs is 1. The molecule has 7 heteroatoms. The van der Waals surface area contributed by atoms with Gasteiger partial charge in [-0.3, -0.25) is 4.79 Å². The fourth-order valence-electron chi connectivity index (χ4n) is 3.02. The van der Waals surface area contributed by atoms with Crippen LogP contribution in [0.2, 0.25) is 5.02 Å². The van der Waals surface area contributed by atoms with Crippen LogP contribution in [-0.2, 0) is 21.2 Å². The Bertz CT molecular complexity index is 881. The van der Waals surface area contributed by atoms with Crippen LogP contribution in [0, 0.1) is 0 Å². The highest BCUT2D eigenvalue weighted by Crippen LogP contribution is 2.30. The van der Waals surface area contributed by atoms with Gasteiger partial charge in [0.2, 0.25) is 15.9 Å². The molecule has 1 amide bonds. The van der Waals surface area contributed by atoms with E-state index in [1.807, 2.05) is 18.2 Å². The van der Waals surface area contributed by atoms with Crippen LogP contribution in [0.5, 0.6) is 0 Å². The molecule has 0 heterocycles. The first-order valence-corrected chi connectivity index (χ1v) is 9.79. The van der Waals surface area contributed by atoms with Crippen molar-refractivity contribution in [1.29, 1.82) is 0 Å². The zero-order valence-corrected chi connectivity index (χ0v) is 15.3. The summed E-state index contributed by atoms with van der Waals surface area (Å²) in [6.45, 7) is -0.233. The van der Waals surface area contributed by atoms with Gasteiger partial charge in [-0.1, -0.05) is 35.9 Å². The Morgan fingerprint density at radius 2 is 1.88 bits per heavy atom. The Kier molecular flexibility index (Phi) is 5.13. The predicted molar refractivity (Wildman–Crippen MR) is 96.9 cm³/mol. The van der Waals surface area contributed by atoms with E-state index in [2.05, 4.69) is 11.4 Å². The molecule has 1 N–H and O–H groups in total. The first-order chi connectivity index (χ1) is 11.9. The van der Waals surface area contributed by atoms with Gasteiger partial charge < -0.3 is 5.32 Å². The third-order valence-corrected chi connectivity index (χ3v) is 6.43. The molecule has 1 aliphatic carbocycles. The molecule has 3 rings (SSSR count). The van der Waals surface area contributed by atoms with Gasteiger partial charge in [0.15, 0.2) is 0 Å². The maximum absolute atomic E-state index is 12.5. The lowest BCUT2D eigenvalue weighted by atomic mass is 10.1. The van der Waals surface area contributed by atoms with Crippen LogP contribution in [0.4, 0.5) is 0 Å². The van der Waals surface area contributed by atoms with Gasteiger partial charge in [0.25, 0.3) is 0 Å². The predicted octanol–water partition coefficient (Wildman–Crippen LogP) is 2.76. The quantitative estimate of drug-likeness (QED) is 0.869. The Hall–Kier alpha value is -1.89. The van der Waals surface area contributed by atoms with Gasteiger partial charge in [0, 0.05) is 12.1 Å². The maximum atomic E-state index is 12.5. The third kappa shape index (κ3) is 3.86. The fourth-order valence-corrected chi connectivity index (χ4v) is 4.27. The van der Waals surface area contributed by atoms with E-state index in [4.69, 9.17) is 11.6 Å². The second-order valence-electron chi connectivity index (χ2n) is 6.07. The molecule has 2 aromatic rings. The van der Waals surface area contributed by atoms with Gasteiger partial charge in [0.05, 0.1) is 17.5 Å². The summed E-state index contributed by atoms with van der Waals surface area (Å²) >= 11 is 5.79. The van der Waals surface area contributed by atoms with Crippen molar-refractivity contribution < 1.29 is 13.2 Å². The van der Waals surface area contributed by atoms with Crippen molar-refractivity contribution >= 4 is 27.5 Å². The Labute approximate surface area is 152 Å². The number of nitrogens with zero attached hydrogens (tertiary/aromatic N) is 1. The van der Waals surface area contributed by atoms with E-state index in [1.54, 1.807) is 0 Å². The highest BCUT2D eigenvalue weighted by atomic mass is 35.5. The van der Waals surface area contributed by atoms with Gasteiger partial charge in [0.1, 0.15) is 0 Å². The second-order valence-corrected chi connectivity index (χ2v) is 8.55. The molecule has 132 valence electrons. The number of rotatable bonds is 5. The molecule has 1 unspecified atom stereocenters. The van der Waals surface area contributed by atoms with Crippen LogP contribution >= 0.6 is 11.6 Å². The molecule has 0 fully saturated rings. The summed E-state index contributed by atoms with van der Waals surface area (Å²) in [6, 6.07) is 13.8. The van der Waals surface area contributed by atoms with E-state index in [-0.39, 0.29) is 23.4 Å². The van der Waals surface area contributed by atoms with Crippen molar-refractivity contribution in [3.63, 3.8) is 0 Å². The molecule has 0 spiro atoms. The van der Waals surface area contributed by atoms with Crippen LogP contribution in [0.15, 0.2) is 53.4 Å². The standard InChI is InChI=1S/C18H19ClN2O3S/c1-21(25(23,24)15-9-7-14(19)8-10-15)12-18(22)20-17-11-6-13-4-2-3-5-16(13)17/h2-5,7-10,17H,6,11-12H2,1H3,(H,20,22). The van der Waals surface area contributed by atoms with Gasteiger partial charge in [-0.2, -0.15) is 4.31 Å². The van der Waals surface area contributed by atoms with Crippen LogP contribution in [0.1, 0.15) is 23.6 Å². The zero-order chi connectivity index (χ0) is 18.0. The van der Waals surface area contributed by atoms with E-state index >= 15 is 0 Å². The number of aryl methyl sites for hydroxylation is 1. The number of halogens is 1. The molecule has 1 aliphatic rings. The first-order valence-electron chi connectivity index (χ1n) is 7.97. The average Bonchev–Trinajstić information content (AvgIpc) is 2.98. The number of likely N-dealkylation sites (N-methyl/N-ethyl adjacent to an activating group) is 1. The third-order valence-electron chi connectivity index (χ3n) is 4.36. The lowest BCUT2D eigenvalue weighted by molar-refractivity contribution is -0.121. The molecule has 0 saturated heterocycles. The summed E-state index contributed by atoms with van der Waals surface area (Å²) in [5.74, 6) is -0.318. The minimum absolute atomic E-state index is 0.0599. The number of carbonyl (C=O) groups is 1. The van der Waals surface area contributed by atoms with Crippen LogP contribution in [0.3, 0.4) is 0 Å². The van der Waals surface area contributed by atoms with Crippen molar-refractivity contribution in [3.8, 4) is 0 Å². The molecule has 5 nitrogen and oxygen atoms in total. The van der Waals surface area contributed by atoms with Crippen molar-refractivity contribution in [2.45, 2.75) is 23.8 Å². The molecular formula is C18H19ClN2O3S. The average molecular weight is 379 g/mol. The summed E-state index contributed by atoms with van der Waals surface area (Å²) in [6.07, 6.45) is 1.75. The minimum atomic E-state index is -3.73. The highest BCUT2D eigenvalue weighted by molar-refractivity contribution is 7.89. The van der Waals surface area contributed by atoms with E-state index in [0.717, 1.165) is 22.7 Å². The van der Waals surface area contributed by atoms with E-state index in [9.17, 15) is 13.2 Å². The lowest BCUT2D eigenvalue weighted by Crippen LogP contribution is -2.39. The van der Waals surface area contributed by atoms with Crippen molar-refractivity contribution in [1.82, 2.24) is 9.62 Å². The fraction of sp³-hybridized carbons (Fsp3) is 0.278. The number of benzene rings is 2. The van der Waals surface area contributed by atoms with Gasteiger partial charge in [-0.15, -0.1) is 0 Å². The number of hydrogen-bond acceptors (Lipinski definition) is 3. The van der Waals surface area contributed by atoms with Crippen LogP contribution in [-0.4, -0.2) is 32.2 Å². The maximum Gasteiger partial charge on any atom is 0.243 e. The summed E-state index contributed by atoms with van der Waals surface area (Å²) < 4.78 is 26.1. The van der Waals surface area contributed by atoms with Gasteiger partial charge in [-0.05, 0) is 48.2 Å². The molecule has 1 atom stereocenters. The molecule has 0 aliphatic heterocycles. The lowest BCUT2D eigenvalue weighted by Gasteiger charge is -2.19. The molecule has 25 heavy (non-hydrogen) atoms. The number of carbonyl (C=O) groups excluding carboxylic acids is 1. The Morgan fingerprint density at radius 1 is 1.20 bits per heavy atom. The van der Waals surface area contributed by atoms with E-state index in [0.29, 0.717) is 5.02 Å². The van der Waals surface area contributed by atoms with Crippen molar-refractivity contribution in [2.24, 2.45) is 0 Å². The summed E-state index contributed by atoms with van der Waals surface area (Å²) in [5.41, 5.74) is 2.34. The number of amides is 1. The summed E-state index contributed by atoms with van der Waals surface area (Å²) in [7, 11) is -2.34. The normalized spacial score (nSPS) is 16.7. The topological polar surface area (TPSA) is 66.5 Å². The molecule has 2 aromatic carbocycles. The highest BCUT2D eigenvalue weighted by Gasteiger charge is 2.26. The van der Waals surface area contributed by atoms with Crippen LogP contribution in [0.25, 0.3) is 0 Å². The van der Waals surface area contributed by atoms with Crippen molar-refractivity contribution in [2.75, 3.05) is 13.6 Å². The summed E-state index contributed by atoms with van der Waals surface area (Å²) in [4.78, 5) is 12.4. The van der Waals surface area contributed by atoms with E-state index < -0.39 is 10.0 Å². The number of hydrogen-bond donors (Lipinski definition) is 1. The van der Waals surface area contributed by atoms with E-state index in [1.165, 1.54) is 36.9 Å². The molecule has 0 radical (unpaired) electrons. The largest absolute Gasteiger partial charge is 0.348 e. The zero-order valence-electron chi connectivity index (χ0n) is 13.8. The SMILES string of the molecule is CN(CC(=O)NC1CCc2ccccc21)S(=O)(=O)c1ccc(Cl)cc1. The smallest absolute Gasteiger partial charge is 0.243 e. The van der Waals surface area contributed by atoms with Crippen LogP contribution < -0.4 is 5.32 Å². The Balaban J connectivity index is 1.66.